The largest absolute Gasteiger partial charge is 2.00 e. The van der Waals surface area contributed by atoms with Crippen LogP contribution in [0.3, 0.4) is 0 Å². The molecule has 0 radical (unpaired) electrons. The van der Waals surface area contributed by atoms with E-state index in [0.29, 0.717) is 0 Å². The number of hydrogen-bond acceptors (Lipinski definition) is 6. The number of carbonyl (C=O) groups excluding carboxylic acids is 2. The zero-order valence-electron chi connectivity index (χ0n) is 30.5. The molecule has 0 aromatic carbocycles. The summed E-state index contributed by atoms with van der Waals surface area (Å²) in [7, 11) is 0. The van der Waals surface area contributed by atoms with Gasteiger partial charge in [-0.05, 0) is 38.2 Å². The molecule has 2 unspecified atom stereocenters. The van der Waals surface area contributed by atoms with E-state index in [4.69, 9.17) is 0 Å². The first-order valence-electron chi connectivity index (χ1n) is 19.0. The van der Waals surface area contributed by atoms with Gasteiger partial charge in [0, 0.05) is 10.5 Å². The summed E-state index contributed by atoms with van der Waals surface area (Å²) in [6.07, 6.45) is 38.2. The third-order valence-corrected chi connectivity index (χ3v) is 10.8. The molecule has 0 amide bonds. The van der Waals surface area contributed by atoms with E-state index in [2.05, 4.69) is 13.8 Å². The number of carboxylic acid groups (broad SMARTS) is 2. The predicted molar refractivity (Wildman–Crippen MR) is 194 cm³/mol. The van der Waals surface area contributed by atoms with Crippen molar-refractivity contribution in [2.24, 2.45) is 0 Å². The van der Waals surface area contributed by atoms with Gasteiger partial charge in [-0.15, -0.1) is 0 Å². The second-order valence-corrected chi connectivity index (χ2v) is 15.8. The molecule has 45 heavy (non-hydrogen) atoms. The van der Waals surface area contributed by atoms with Gasteiger partial charge in [0.1, 0.15) is 0 Å². The minimum absolute atomic E-state index is 0. The van der Waals surface area contributed by atoms with Crippen LogP contribution in [-0.2, 0) is 29.1 Å². The van der Waals surface area contributed by atoms with Crippen LogP contribution < -0.4 is 10.2 Å². The van der Waals surface area contributed by atoms with Crippen molar-refractivity contribution in [2.75, 3.05) is 11.5 Å². The Morgan fingerprint density at radius 2 is 0.578 bits per heavy atom. The minimum atomic E-state index is -0.935. The van der Waals surface area contributed by atoms with Crippen LogP contribution in [0.1, 0.15) is 207 Å². The van der Waals surface area contributed by atoms with E-state index >= 15 is 0 Å². The van der Waals surface area contributed by atoms with Gasteiger partial charge in [0.2, 0.25) is 0 Å². The van der Waals surface area contributed by atoms with Gasteiger partial charge in [0.15, 0.2) is 0 Å². The molecule has 0 rings (SSSR count). The van der Waals surface area contributed by atoms with E-state index in [1.165, 1.54) is 190 Å². The van der Waals surface area contributed by atoms with Gasteiger partial charge in [-0.25, -0.2) is 0 Å². The number of aliphatic carboxylic acids is 2. The van der Waals surface area contributed by atoms with Crippen LogP contribution >= 0.6 is 23.5 Å². The third-order valence-electron chi connectivity index (χ3n) is 8.40. The van der Waals surface area contributed by atoms with Crippen LogP contribution in [0.15, 0.2) is 0 Å². The molecule has 0 heterocycles. The standard InChI is InChI=1S/2C19H38O2S.Zn/c2*1-3-4-5-6-7-8-9-10-11-12-13-14-15-16-17-22-18(2)19(20)21;/h2*18H,3-17H2,1-2H3,(H,20,21);/q;;+2/p-2. The number of rotatable bonds is 34. The SMILES string of the molecule is CCCCCCCCCCCCCCCCSC(C)C(=O)[O-].CCCCCCCCCCCCCCCCSC(C)C(=O)[O-].[Zn+2]. The van der Waals surface area contributed by atoms with Gasteiger partial charge in [0.25, 0.3) is 0 Å². The maximum Gasteiger partial charge on any atom is 2.00 e. The van der Waals surface area contributed by atoms with Crippen molar-refractivity contribution < 1.29 is 39.3 Å². The van der Waals surface area contributed by atoms with Crippen LogP contribution in [0.25, 0.3) is 0 Å². The average molecular weight is 725 g/mol. The van der Waals surface area contributed by atoms with E-state index in [9.17, 15) is 19.8 Å². The first-order chi connectivity index (χ1) is 21.4. The summed E-state index contributed by atoms with van der Waals surface area (Å²) in [5.74, 6) is 0.0334. The molecular formula is C38H74O4S2Zn. The summed E-state index contributed by atoms with van der Waals surface area (Å²) in [5.41, 5.74) is 0. The zero-order chi connectivity index (χ0) is 32.9. The van der Waals surface area contributed by atoms with Crippen molar-refractivity contribution >= 4 is 35.5 Å². The van der Waals surface area contributed by atoms with Gasteiger partial charge in [-0.2, -0.15) is 23.5 Å². The fourth-order valence-electron chi connectivity index (χ4n) is 5.25. The molecule has 0 spiro atoms. The molecule has 0 aromatic rings. The smallest absolute Gasteiger partial charge is 0.549 e. The fourth-order valence-corrected chi connectivity index (χ4v) is 6.97. The minimum Gasteiger partial charge on any atom is -0.549 e. The molecule has 0 saturated heterocycles. The molecule has 264 valence electrons. The summed E-state index contributed by atoms with van der Waals surface area (Å²) in [4.78, 5) is 21.1. The molecule has 0 aromatic heterocycles. The Morgan fingerprint density at radius 1 is 0.400 bits per heavy atom. The fraction of sp³-hybridized carbons (Fsp3) is 0.947. The molecule has 0 aliphatic heterocycles. The van der Waals surface area contributed by atoms with E-state index < -0.39 is 11.9 Å². The Labute approximate surface area is 302 Å². The van der Waals surface area contributed by atoms with Crippen molar-refractivity contribution in [3.63, 3.8) is 0 Å². The Bertz CT molecular complexity index is 544. The van der Waals surface area contributed by atoms with E-state index in [-0.39, 0.29) is 30.0 Å². The van der Waals surface area contributed by atoms with E-state index in [1.54, 1.807) is 13.8 Å². The van der Waals surface area contributed by atoms with Crippen LogP contribution in [-0.4, -0.2) is 33.9 Å². The molecular weight excluding hydrogens is 650 g/mol. The third kappa shape index (κ3) is 44.3. The second kappa shape index (κ2) is 42.3. The monoisotopic (exact) mass is 722 g/mol. The van der Waals surface area contributed by atoms with Crippen LogP contribution in [0.2, 0.25) is 0 Å². The predicted octanol–water partition coefficient (Wildman–Crippen LogP) is 10.7. The zero-order valence-corrected chi connectivity index (χ0v) is 35.1. The number of carboxylic acids is 2. The average Bonchev–Trinajstić information content (AvgIpc) is 3.01. The van der Waals surface area contributed by atoms with E-state index in [1.807, 2.05) is 0 Å². The molecule has 0 bridgehead atoms. The van der Waals surface area contributed by atoms with Crippen LogP contribution in [0.4, 0.5) is 0 Å². The first-order valence-corrected chi connectivity index (χ1v) is 21.1. The van der Waals surface area contributed by atoms with Gasteiger partial charge in [-0.1, -0.05) is 181 Å². The van der Waals surface area contributed by atoms with Crippen molar-refractivity contribution in [3.8, 4) is 0 Å². The van der Waals surface area contributed by atoms with Crippen LogP contribution in [0.5, 0.6) is 0 Å². The summed E-state index contributed by atoms with van der Waals surface area (Å²) < 4.78 is 0. The van der Waals surface area contributed by atoms with Crippen LogP contribution in [0, 0.1) is 0 Å². The number of unbranched alkanes of at least 4 members (excludes halogenated alkanes) is 26. The van der Waals surface area contributed by atoms with E-state index in [0.717, 1.165) is 24.3 Å². The Hall–Kier alpha value is 0.263. The first kappa shape index (κ1) is 49.6. The Balaban J connectivity index is -0.000000767. The topological polar surface area (TPSA) is 80.3 Å². The second-order valence-electron chi connectivity index (χ2n) is 12.9. The molecule has 0 aliphatic rings. The van der Waals surface area contributed by atoms with Gasteiger partial charge in [0.05, 0.1) is 11.9 Å². The molecule has 0 N–H and O–H groups in total. The number of hydrogen-bond donors (Lipinski definition) is 0. The van der Waals surface area contributed by atoms with Gasteiger partial charge >= 0.3 is 19.5 Å². The van der Waals surface area contributed by atoms with Crippen molar-refractivity contribution in [1.29, 1.82) is 0 Å². The summed E-state index contributed by atoms with van der Waals surface area (Å²) in [6.45, 7) is 7.97. The normalized spacial score (nSPS) is 12.2. The van der Waals surface area contributed by atoms with Crippen molar-refractivity contribution in [2.45, 2.75) is 218 Å². The summed E-state index contributed by atoms with van der Waals surface area (Å²) in [6, 6.07) is 0. The van der Waals surface area contributed by atoms with Gasteiger partial charge in [-0.3, -0.25) is 0 Å². The molecule has 0 fully saturated rings. The maximum atomic E-state index is 10.5. The molecule has 7 heteroatoms. The quantitative estimate of drug-likeness (QED) is 0.0486. The molecule has 0 saturated carbocycles. The number of carbonyl (C=O) groups is 2. The summed E-state index contributed by atoms with van der Waals surface area (Å²) >= 11 is 3.01. The molecule has 4 nitrogen and oxygen atoms in total. The Morgan fingerprint density at radius 3 is 0.756 bits per heavy atom. The Kier molecular flexibility index (Phi) is 46.7. The van der Waals surface area contributed by atoms with Gasteiger partial charge < -0.3 is 19.8 Å². The summed E-state index contributed by atoms with van der Waals surface area (Å²) in [5, 5.41) is 20.4. The number of thioether (sulfide) groups is 2. The molecule has 0 aliphatic carbocycles. The molecule has 2 atom stereocenters. The maximum absolute atomic E-state index is 10.5. The van der Waals surface area contributed by atoms with Crippen molar-refractivity contribution in [3.05, 3.63) is 0 Å². The van der Waals surface area contributed by atoms with Crippen molar-refractivity contribution in [1.82, 2.24) is 0 Å².